The Morgan fingerprint density at radius 2 is 2.00 bits per heavy atom. The third kappa shape index (κ3) is 5.84. The van der Waals surface area contributed by atoms with Crippen molar-refractivity contribution >= 4 is 9.84 Å². The molecule has 0 aromatic rings. The highest BCUT2D eigenvalue weighted by Crippen LogP contribution is 2.11. The van der Waals surface area contributed by atoms with E-state index in [4.69, 9.17) is 0 Å². The van der Waals surface area contributed by atoms with Gasteiger partial charge in [-0.3, -0.25) is 4.90 Å². The highest BCUT2D eigenvalue weighted by atomic mass is 32.2. The molecule has 0 saturated carbocycles. The summed E-state index contributed by atoms with van der Waals surface area (Å²) in [6, 6.07) is 0.170. The predicted octanol–water partition coefficient (Wildman–Crippen LogP) is 0.884. The maximum atomic E-state index is 11.4. The number of hydrogen-bond acceptors (Lipinski definition) is 4. The van der Waals surface area contributed by atoms with E-state index >= 15 is 0 Å². The fourth-order valence-electron chi connectivity index (χ4n) is 2.11. The molecule has 4 nitrogen and oxygen atoms in total. The van der Waals surface area contributed by atoms with Gasteiger partial charge in [0.25, 0.3) is 0 Å². The van der Waals surface area contributed by atoms with Crippen molar-refractivity contribution in [1.29, 1.82) is 0 Å². The summed E-state index contributed by atoms with van der Waals surface area (Å²) >= 11 is 0. The van der Waals surface area contributed by atoms with Crippen molar-refractivity contribution in [3.8, 4) is 0 Å². The Morgan fingerprint density at radius 1 is 1.35 bits per heavy atom. The van der Waals surface area contributed by atoms with Crippen molar-refractivity contribution in [3.63, 3.8) is 0 Å². The monoisotopic (exact) mass is 262 g/mol. The summed E-state index contributed by atoms with van der Waals surface area (Å²) in [7, 11) is -2.78. The molecule has 0 aliphatic carbocycles. The van der Waals surface area contributed by atoms with Gasteiger partial charge in [-0.2, -0.15) is 0 Å². The van der Waals surface area contributed by atoms with Crippen molar-refractivity contribution in [1.82, 2.24) is 10.2 Å². The van der Waals surface area contributed by atoms with Gasteiger partial charge in [0.05, 0.1) is 11.5 Å². The predicted molar refractivity (Wildman–Crippen MR) is 72.1 cm³/mol. The normalized spacial score (nSPS) is 26.0. The summed E-state index contributed by atoms with van der Waals surface area (Å²) in [5, 5.41) is 3.45. The van der Waals surface area contributed by atoms with E-state index in [1.807, 2.05) is 6.92 Å². The van der Waals surface area contributed by atoms with Crippen molar-refractivity contribution in [3.05, 3.63) is 0 Å². The highest BCUT2D eigenvalue weighted by Gasteiger charge is 2.27. The van der Waals surface area contributed by atoms with E-state index < -0.39 is 9.84 Å². The molecule has 0 spiro atoms. The smallest absolute Gasteiger partial charge is 0.153 e. The Hall–Kier alpha value is -0.130. The molecular formula is C12H26N2O2S. The van der Waals surface area contributed by atoms with Gasteiger partial charge in [-0.05, 0) is 47.2 Å². The standard InChI is InChI=1S/C12H26N2O2S/c1-11-10-17(15,16)9-8-14(11)7-5-6-13-12(2,3)4/h11,13H,5-10H2,1-4H3. The summed E-state index contributed by atoms with van der Waals surface area (Å²) in [5.41, 5.74) is 0.164. The summed E-state index contributed by atoms with van der Waals surface area (Å²) < 4.78 is 22.9. The number of nitrogens with one attached hydrogen (secondary N) is 1. The van der Waals surface area contributed by atoms with E-state index in [1.165, 1.54) is 0 Å². The van der Waals surface area contributed by atoms with Gasteiger partial charge < -0.3 is 5.32 Å². The molecule has 1 aliphatic heterocycles. The van der Waals surface area contributed by atoms with Crippen molar-refractivity contribution in [2.75, 3.05) is 31.1 Å². The van der Waals surface area contributed by atoms with Crippen LogP contribution in [0.4, 0.5) is 0 Å². The van der Waals surface area contributed by atoms with Gasteiger partial charge in [0.1, 0.15) is 0 Å². The Kier molecular flexibility index (Phi) is 4.98. The van der Waals surface area contributed by atoms with Crippen molar-refractivity contribution < 1.29 is 8.42 Å². The van der Waals surface area contributed by atoms with Crippen LogP contribution in [0.1, 0.15) is 34.1 Å². The first-order chi connectivity index (χ1) is 7.70. The summed E-state index contributed by atoms with van der Waals surface area (Å²) in [5.74, 6) is 0.643. The Balaban J connectivity index is 2.25. The van der Waals surface area contributed by atoms with E-state index in [9.17, 15) is 8.42 Å². The van der Waals surface area contributed by atoms with E-state index in [2.05, 4.69) is 31.0 Å². The van der Waals surface area contributed by atoms with Gasteiger partial charge in [-0.1, -0.05) is 0 Å². The highest BCUT2D eigenvalue weighted by molar-refractivity contribution is 7.91. The SMILES string of the molecule is CC1CS(=O)(=O)CCN1CCCNC(C)(C)C. The van der Waals surface area contributed by atoms with Gasteiger partial charge in [-0.25, -0.2) is 8.42 Å². The Morgan fingerprint density at radius 3 is 2.53 bits per heavy atom. The lowest BCUT2D eigenvalue weighted by atomic mass is 10.1. The van der Waals surface area contributed by atoms with Gasteiger partial charge in [0.15, 0.2) is 9.84 Å². The number of nitrogens with zero attached hydrogens (tertiary/aromatic N) is 1. The van der Waals surface area contributed by atoms with Crippen LogP contribution in [0.25, 0.3) is 0 Å². The van der Waals surface area contributed by atoms with Gasteiger partial charge >= 0.3 is 0 Å². The third-order valence-corrected chi connectivity index (χ3v) is 4.88. The first-order valence-electron chi connectivity index (χ1n) is 6.39. The molecule has 1 unspecified atom stereocenters. The average Bonchev–Trinajstić information content (AvgIpc) is 2.12. The zero-order valence-corrected chi connectivity index (χ0v) is 12.3. The lowest BCUT2D eigenvalue weighted by Crippen LogP contribution is -2.47. The average molecular weight is 262 g/mol. The van der Waals surface area contributed by atoms with E-state index in [-0.39, 0.29) is 11.6 Å². The van der Waals surface area contributed by atoms with Gasteiger partial charge in [-0.15, -0.1) is 0 Å². The summed E-state index contributed by atoms with van der Waals surface area (Å²) in [6.45, 7) is 11.1. The molecule has 1 fully saturated rings. The minimum absolute atomic E-state index is 0.164. The van der Waals surface area contributed by atoms with Crippen molar-refractivity contribution in [2.24, 2.45) is 0 Å². The van der Waals surface area contributed by atoms with Crippen LogP contribution >= 0.6 is 0 Å². The van der Waals surface area contributed by atoms with Crippen LogP contribution < -0.4 is 5.32 Å². The lowest BCUT2D eigenvalue weighted by Gasteiger charge is -2.33. The molecule has 1 saturated heterocycles. The zero-order valence-electron chi connectivity index (χ0n) is 11.5. The van der Waals surface area contributed by atoms with E-state index in [0.29, 0.717) is 18.1 Å². The molecule has 0 amide bonds. The van der Waals surface area contributed by atoms with E-state index in [1.54, 1.807) is 0 Å². The molecule has 1 N–H and O–H groups in total. The molecule has 0 bridgehead atoms. The van der Waals surface area contributed by atoms with Crippen molar-refractivity contribution in [2.45, 2.75) is 45.7 Å². The molecule has 0 aromatic heterocycles. The number of sulfone groups is 1. The van der Waals surface area contributed by atoms with Crippen LogP contribution in [-0.2, 0) is 9.84 Å². The molecule has 17 heavy (non-hydrogen) atoms. The minimum Gasteiger partial charge on any atom is -0.312 e. The summed E-state index contributed by atoms with van der Waals surface area (Å²) in [4.78, 5) is 2.28. The van der Waals surface area contributed by atoms with Gasteiger partial charge in [0.2, 0.25) is 0 Å². The molecular weight excluding hydrogens is 236 g/mol. The van der Waals surface area contributed by atoms with Gasteiger partial charge in [0, 0.05) is 18.1 Å². The Labute approximate surface area is 106 Å². The second-order valence-corrected chi connectivity index (χ2v) is 8.26. The Bertz CT molecular complexity index is 333. The molecule has 0 aromatic carbocycles. The lowest BCUT2D eigenvalue weighted by molar-refractivity contribution is 0.221. The third-order valence-electron chi connectivity index (χ3n) is 3.09. The quantitative estimate of drug-likeness (QED) is 0.764. The number of rotatable bonds is 4. The second kappa shape index (κ2) is 5.67. The van der Waals surface area contributed by atoms with Crippen LogP contribution in [0.15, 0.2) is 0 Å². The zero-order chi connectivity index (χ0) is 13.1. The molecule has 0 radical (unpaired) electrons. The second-order valence-electron chi connectivity index (χ2n) is 6.03. The van der Waals surface area contributed by atoms with Crippen LogP contribution in [0, 0.1) is 0 Å². The van der Waals surface area contributed by atoms with Crippen LogP contribution in [0.5, 0.6) is 0 Å². The fourth-order valence-corrected chi connectivity index (χ4v) is 3.74. The maximum absolute atomic E-state index is 11.4. The topological polar surface area (TPSA) is 49.4 Å². The van der Waals surface area contributed by atoms with Crippen LogP contribution in [-0.4, -0.2) is 56.0 Å². The van der Waals surface area contributed by atoms with Crippen LogP contribution in [0.3, 0.4) is 0 Å². The molecule has 1 aliphatic rings. The molecule has 5 heteroatoms. The fraction of sp³-hybridized carbons (Fsp3) is 1.00. The molecule has 102 valence electrons. The van der Waals surface area contributed by atoms with E-state index in [0.717, 1.165) is 19.5 Å². The molecule has 1 rings (SSSR count). The first kappa shape index (κ1) is 14.9. The first-order valence-corrected chi connectivity index (χ1v) is 8.21. The van der Waals surface area contributed by atoms with Crippen LogP contribution in [0.2, 0.25) is 0 Å². The minimum atomic E-state index is -2.78. The molecule has 1 atom stereocenters. The maximum Gasteiger partial charge on any atom is 0.153 e. The largest absolute Gasteiger partial charge is 0.312 e. The number of hydrogen-bond donors (Lipinski definition) is 1. The molecule has 1 heterocycles. The summed E-state index contributed by atoms with van der Waals surface area (Å²) in [6.07, 6.45) is 1.07.